The van der Waals surface area contributed by atoms with Crippen molar-refractivity contribution in [2.45, 2.75) is 151 Å². The Morgan fingerprint density at radius 2 is 1.05 bits per heavy atom. The number of hydrogen-bond acceptors (Lipinski definition) is 13. The highest BCUT2D eigenvalue weighted by Crippen LogP contribution is 2.41. The fourth-order valence-corrected chi connectivity index (χ4v) is 10.1. The number of benzene rings is 4. The molecule has 4 aromatic carbocycles. The predicted octanol–water partition coefficient (Wildman–Crippen LogP) is 13.9. The highest BCUT2D eigenvalue weighted by molar-refractivity contribution is 6.30. The Kier molecular flexibility index (Phi) is 25.8. The number of carbonyl (C=O) groups is 6. The number of hydrogen-bond donors (Lipinski definition) is 0. The average molecular weight is 1120 g/mol. The van der Waals surface area contributed by atoms with Gasteiger partial charge in [0.05, 0.1) is 37.4 Å². The summed E-state index contributed by atoms with van der Waals surface area (Å²) < 4.78 is 70.9. The summed E-state index contributed by atoms with van der Waals surface area (Å²) in [6.45, 7) is 18.2. The summed E-state index contributed by atoms with van der Waals surface area (Å²) in [6, 6.07) is 20.1. The van der Waals surface area contributed by atoms with E-state index in [1.165, 1.54) is 70.1 Å². The molecule has 0 saturated heterocycles. The lowest BCUT2D eigenvalue weighted by atomic mass is 9.77. The molecule has 5 rings (SSSR count). The van der Waals surface area contributed by atoms with Crippen LogP contribution in [0.1, 0.15) is 154 Å². The number of ether oxygens (including phenoxy) is 7. The molecule has 0 aromatic heterocycles. The predicted molar refractivity (Wildman–Crippen MR) is 307 cm³/mol. The summed E-state index contributed by atoms with van der Waals surface area (Å²) in [6.07, 6.45) is 12.5. The summed E-state index contributed by atoms with van der Waals surface area (Å²) in [7, 11) is 0. The topological polar surface area (TPSA) is 167 Å². The molecule has 0 unspecified atom stereocenters. The van der Waals surface area contributed by atoms with Crippen LogP contribution >= 0.6 is 0 Å². The molecule has 4 aromatic rings. The minimum absolute atomic E-state index is 0.0293. The molecule has 0 amide bonds. The van der Waals surface area contributed by atoms with Crippen LogP contribution in [-0.2, 0) is 76.5 Å². The average Bonchev–Trinajstić information content (AvgIpc) is 3.55. The molecule has 81 heavy (non-hydrogen) atoms. The van der Waals surface area contributed by atoms with Gasteiger partial charge in [0, 0.05) is 11.1 Å². The monoisotopic (exact) mass is 1120 g/mol. The maximum atomic E-state index is 16.4. The first kappa shape index (κ1) is 64.7. The van der Waals surface area contributed by atoms with Crippen LogP contribution in [0.25, 0.3) is 33.4 Å². The summed E-state index contributed by atoms with van der Waals surface area (Å²) in [4.78, 5) is 74.9. The molecule has 0 spiro atoms. The number of carbonyl (C=O) groups excluding carboxylic acids is 6. The summed E-state index contributed by atoms with van der Waals surface area (Å²) in [5.41, 5.74) is 5.51. The Labute approximate surface area is 477 Å². The first-order valence-corrected chi connectivity index (χ1v) is 28.7. The van der Waals surface area contributed by atoms with Crippen LogP contribution in [0.5, 0.6) is 5.75 Å². The molecule has 1 aliphatic rings. The third-order valence-electron chi connectivity index (χ3n) is 14.9. The van der Waals surface area contributed by atoms with Crippen molar-refractivity contribution < 1.29 is 70.7 Å². The van der Waals surface area contributed by atoms with Crippen LogP contribution in [0, 0.1) is 23.0 Å². The van der Waals surface area contributed by atoms with Gasteiger partial charge in [-0.25, -0.2) is 37.5 Å². The smallest absolute Gasteiger partial charge is 0.417 e. The van der Waals surface area contributed by atoms with Gasteiger partial charge in [-0.1, -0.05) is 102 Å². The van der Waals surface area contributed by atoms with E-state index in [4.69, 9.17) is 33.2 Å². The van der Waals surface area contributed by atoms with E-state index >= 15 is 8.78 Å². The number of rotatable bonds is 30. The molecule has 1 aliphatic carbocycles. The van der Waals surface area contributed by atoms with Crippen LogP contribution in [-0.4, -0.2) is 82.1 Å². The zero-order valence-electron chi connectivity index (χ0n) is 48.5. The highest BCUT2D eigenvalue weighted by atomic mass is 19.1. The van der Waals surface area contributed by atoms with E-state index in [0.717, 1.165) is 41.0 Å². The van der Waals surface area contributed by atoms with Gasteiger partial charge < -0.3 is 33.2 Å². The molecule has 0 N–H and O–H groups in total. The van der Waals surface area contributed by atoms with Crippen molar-refractivity contribution in [2.24, 2.45) is 11.3 Å². The Morgan fingerprint density at radius 1 is 0.531 bits per heavy atom. The molecule has 0 bridgehead atoms. The summed E-state index contributed by atoms with van der Waals surface area (Å²) >= 11 is 0. The second-order valence-electron chi connectivity index (χ2n) is 21.1. The zero-order valence-corrected chi connectivity index (χ0v) is 48.5. The van der Waals surface area contributed by atoms with Crippen molar-refractivity contribution in [2.75, 3.05) is 46.2 Å². The van der Waals surface area contributed by atoms with Gasteiger partial charge in [-0.05, 0) is 184 Å². The van der Waals surface area contributed by atoms with E-state index < -0.39 is 66.1 Å². The van der Waals surface area contributed by atoms with E-state index in [-0.39, 0.29) is 56.2 Å². The molecule has 1 fully saturated rings. The Bertz CT molecular complexity index is 2770. The molecular weight excluding hydrogens is 1040 g/mol. The first-order chi connectivity index (χ1) is 38.9. The van der Waals surface area contributed by atoms with Gasteiger partial charge in [0.1, 0.15) is 37.2 Å². The third kappa shape index (κ3) is 19.0. The largest absolute Gasteiger partial charge is 0.492 e. The van der Waals surface area contributed by atoms with E-state index in [0.29, 0.717) is 72.4 Å². The van der Waals surface area contributed by atoms with Gasteiger partial charge in [-0.2, -0.15) is 0 Å². The molecule has 15 heteroatoms. The van der Waals surface area contributed by atoms with E-state index in [2.05, 4.69) is 32.2 Å². The number of halogens is 2. The minimum Gasteiger partial charge on any atom is -0.492 e. The Morgan fingerprint density at radius 3 is 1.57 bits per heavy atom. The van der Waals surface area contributed by atoms with Gasteiger partial charge in [0.2, 0.25) is 0 Å². The number of esters is 6. The van der Waals surface area contributed by atoms with E-state index in [1.807, 2.05) is 37.3 Å². The van der Waals surface area contributed by atoms with Crippen LogP contribution in [0.15, 0.2) is 91.0 Å². The van der Waals surface area contributed by atoms with Crippen LogP contribution in [0.3, 0.4) is 0 Å². The van der Waals surface area contributed by atoms with Crippen molar-refractivity contribution >= 4 is 35.8 Å². The minimum atomic E-state index is -1.34. The van der Waals surface area contributed by atoms with Crippen LogP contribution in [0.4, 0.5) is 8.78 Å². The lowest BCUT2D eigenvalue weighted by Crippen LogP contribution is -2.41. The Balaban J connectivity index is 1.53. The maximum Gasteiger partial charge on any atom is 0.417 e. The second-order valence-corrected chi connectivity index (χ2v) is 21.1. The first-order valence-electron chi connectivity index (χ1n) is 28.7. The van der Waals surface area contributed by atoms with Gasteiger partial charge in [0.15, 0.2) is 0 Å². The van der Waals surface area contributed by atoms with Crippen molar-refractivity contribution in [3.8, 4) is 39.1 Å². The van der Waals surface area contributed by atoms with Crippen molar-refractivity contribution in [1.82, 2.24) is 0 Å². The van der Waals surface area contributed by atoms with Crippen molar-refractivity contribution in [3.63, 3.8) is 0 Å². The zero-order chi connectivity index (χ0) is 59.1. The molecule has 0 radical (unpaired) electrons. The van der Waals surface area contributed by atoms with Gasteiger partial charge in [0.25, 0.3) is 0 Å². The van der Waals surface area contributed by atoms with Crippen molar-refractivity contribution in [3.05, 3.63) is 125 Å². The molecule has 438 valence electrons. The maximum absolute atomic E-state index is 16.4. The molecule has 1 saturated carbocycles. The number of unbranched alkanes of at least 4 members (excludes halogenated alkanes) is 3. The van der Waals surface area contributed by atoms with Gasteiger partial charge in [-0.3, -0.25) is 0 Å². The molecule has 0 aliphatic heterocycles. The van der Waals surface area contributed by atoms with E-state index in [9.17, 15) is 28.8 Å². The third-order valence-corrected chi connectivity index (χ3v) is 14.9. The van der Waals surface area contributed by atoms with Gasteiger partial charge in [-0.15, -0.1) is 0 Å². The SMILES string of the molecule is C=C(C)C(=O)OCCCCc1cc(-c2ccc(-c3c(F)cc(-c4ccc(C5CCC(CCCCC)CC5)cc4)cc3F)cc2CC)cc(CCCOC(=O)C(=C)C)c1OCC(CC)(COC(=O)C(=O)OCC)COC(=O)C(=O)OCC. The normalized spacial score (nSPS) is 14.1. The van der Waals surface area contributed by atoms with Gasteiger partial charge >= 0.3 is 35.8 Å². The van der Waals surface area contributed by atoms with Crippen LogP contribution < -0.4 is 4.74 Å². The standard InChI is InChI=1S/C66H82F2O13/c1-10-15-16-20-45-23-25-47(26-24-45)48-27-29-49(30-28-48)53-38-56(67)58(57(68)39-53)50-31-32-55(46(11-2)35-50)54-36-51(21-17-18-33-77-60(69)43(6)7)59(52(37-54)22-19-34-78-61(70)44(8)9)79-40-66(12-3,41-80-64(73)62(71)75-13-4)42-81-65(74)63(72)76-14-5/h27-32,35-39,45,47H,6,8,10-26,33-34,40-42H2,1-5,7,9H3. The summed E-state index contributed by atoms with van der Waals surface area (Å²) in [5, 5.41) is 0. The Hall–Kier alpha value is -7.16. The molecule has 0 heterocycles. The second kappa shape index (κ2) is 32.3. The van der Waals surface area contributed by atoms with E-state index in [1.54, 1.807) is 32.9 Å². The molecular formula is C66H82F2O13. The highest BCUT2D eigenvalue weighted by Gasteiger charge is 2.37. The molecule has 0 atom stereocenters. The summed E-state index contributed by atoms with van der Waals surface area (Å²) in [5.74, 6) is -5.77. The number of aryl methyl sites for hydroxylation is 3. The van der Waals surface area contributed by atoms with Crippen molar-refractivity contribution in [1.29, 1.82) is 0 Å². The van der Waals surface area contributed by atoms with Crippen LogP contribution in [0.2, 0.25) is 0 Å². The fraction of sp³-hybridized carbons (Fsp3) is 0.485. The quantitative estimate of drug-likeness (QED) is 0.0159. The fourth-order valence-electron chi connectivity index (χ4n) is 10.1. The lowest BCUT2D eigenvalue weighted by molar-refractivity contribution is -0.175. The lowest BCUT2D eigenvalue weighted by Gasteiger charge is -2.32. The molecule has 13 nitrogen and oxygen atoms in total.